The highest BCUT2D eigenvalue weighted by Crippen LogP contribution is 2.30. The number of ketones is 1. The van der Waals surface area contributed by atoms with Crippen LogP contribution in [0.3, 0.4) is 0 Å². The Morgan fingerprint density at radius 2 is 2.14 bits per heavy atom. The lowest BCUT2D eigenvalue weighted by molar-refractivity contribution is -0.385. The van der Waals surface area contributed by atoms with Gasteiger partial charge < -0.3 is 0 Å². The van der Waals surface area contributed by atoms with E-state index in [1.165, 1.54) is 19.1 Å². The Bertz CT molecular complexity index is 419. The molecular weight excluding hydrogens is 320 g/mol. The molecule has 0 saturated carbocycles. The summed E-state index contributed by atoms with van der Waals surface area (Å²) in [5.74, 6) is -0.403. The van der Waals surface area contributed by atoms with Crippen LogP contribution >= 0.6 is 34.2 Å². The van der Waals surface area contributed by atoms with Gasteiger partial charge in [0.25, 0.3) is 5.69 Å². The van der Waals surface area contributed by atoms with Crippen LogP contribution in [0.5, 0.6) is 0 Å². The molecule has 0 aliphatic heterocycles. The molecule has 0 radical (unpaired) electrons. The fourth-order valence-corrected chi connectivity index (χ4v) is 1.77. The number of rotatable bonds is 2. The number of hydrogen-bond acceptors (Lipinski definition) is 3. The molecule has 0 amide bonds. The molecule has 0 aliphatic rings. The zero-order chi connectivity index (χ0) is 10.9. The third-order valence-electron chi connectivity index (χ3n) is 1.62. The highest BCUT2D eigenvalue weighted by atomic mass is 127. The molecule has 0 spiro atoms. The quantitative estimate of drug-likeness (QED) is 0.363. The number of nitrogens with zero attached hydrogens (tertiary/aromatic N) is 1. The van der Waals surface area contributed by atoms with Crippen LogP contribution in [-0.4, -0.2) is 10.7 Å². The smallest absolute Gasteiger partial charge is 0.281 e. The molecule has 1 aromatic rings. The Morgan fingerprint density at radius 3 is 2.57 bits per heavy atom. The van der Waals surface area contributed by atoms with Crippen LogP contribution in [0.15, 0.2) is 12.1 Å². The zero-order valence-corrected chi connectivity index (χ0v) is 10.00. The minimum absolute atomic E-state index is 0.0245. The largest absolute Gasteiger partial charge is 0.294 e. The van der Waals surface area contributed by atoms with Crippen molar-refractivity contribution in [2.24, 2.45) is 0 Å². The van der Waals surface area contributed by atoms with Crippen molar-refractivity contribution in [3.63, 3.8) is 0 Å². The summed E-state index contributed by atoms with van der Waals surface area (Å²) < 4.78 is 0.625. The standard InChI is InChI=1S/C8H5ClINO3/c1-4(12)7-6(11(13)14)3-2-5(10)8(7)9/h2-3H,1H3. The van der Waals surface area contributed by atoms with Gasteiger partial charge in [0.15, 0.2) is 5.78 Å². The summed E-state index contributed by atoms with van der Waals surface area (Å²) in [5, 5.41) is 10.7. The minimum atomic E-state index is -0.612. The highest BCUT2D eigenvalue weighted by molar-refractivity contribution is 14.1. The van der Waals surface area contributed by atoms with E-state index in [2.05, 4.69) is 0 Å². The number of halogens is 2. The summed E-state index contributed by atoms with van der Waals surface area (Å²) in [5.41, 5.74) is -0.272. The summed E-state index contributed by atoms with van der Waals surface area (Å²) in [6, 6.07) is 2.79. The molecule has 0 unspecified atom stereocenters. The molecule has 0 atom stereocenters. The van der Waals surface area contributed by atoms with Crippen molar-refractivity contribution in [3.05, 3.63) is 36.4 Å². The van der Waals surface area contributed by atoms with Crippen molar-refractivity contribution in [3.8, 4) is 0 Å². The van der Waals surface area contributed by atoms with Crippen LogP contribution in [0.4, 0.5) is 5.69 Å². The molecule has 74 valence electrons. The number of carbonyl (C=O) groups is 1. The topological polar surface area (TPSA) is 60.2 Å². The predicted octanol–water partition coefficient (Wildman–Crippen LogP) is 3.06. The van der Waals surface area contributed by atoms with Crippen LogP contribution in [0, 0.1) is 13.7 Å². The van der Waals surface area contributed by atoms with Gasteiger partial charge in [-0.05, 0) is 35.6 Å². The molecule has 1 aromatic carbocycles. The Morgan fingerprint density at radius 1 is 1.57 bits per heavy atom. The van der Waals surface area contributed by atoms with Crippen LogP contribution in [0.2, 0.25) is 5.02 Å². The lowest BCUT2D eigenvalue weighted by Crippen LogP contribution is -2.02. The molecule has 0 bridgehead atoms. The normalized spacial score (nSPS) is 9.93. The van der Waals surface area contributed by atoms with E-state index in [0.29, 0.717) is 3.57 Å². The number of nitro benzene ring substituents is 1. The number of hydrogen-bond donors (Lipinski definition) is 0. The molecule has 4 nitrogen and oxygen atoms in total. The predicted molar refractivity (Wildman–Crippen MR) is 60.8 cm³/mol. The average Bonchev–Trinajstić information content (AvgIpc) is 2.08. The van der Waals surface area contributed by atoms with Crippen molar-refractivity contribution in [1.82, 2.24) is 0 Å². The first kappa shape index (κ1) is 11.4. The SMILES string of the molecule is CC(=O)c1c([N+](=O)[O-])ccc(I)c1Cl. The Hall–Kier alpha value is -0.690. The molecule has 0 saturated heterocycles. The van der Waals surface area contributed by atoms with Gasteiger partial charge in [-0.1, -0.05) is 11.6 Å². The fraction of sp³-hybridized carbons (Fsp3) is 0.125. The van der Waals surface area contributed by atoms with Gasteiger partial charge in [0.05, 0.1) is 9.95 Å². The van der Waals surface area contributed by atoms with E-state index < -0.39 is 10.7 Å². The van der Waals surface area contributed by atoms with Crippen molar-refractivity contribution in [1.29, 1.82) is 0 Å². The lowest BCUT2D eigenvalue weighted by atomic mass is 10.1. The third kappa shape index (κ3) is 2.03. The summed E-state index contributed by atoms with van der Waals surface area (Å²) in [7, 11) is 0. The monoisotopic (exact) mass is 325 g/mol. The molecule has 0 aliphatic carbocycles. The van der Waals surface area contributed by atoms with Crippen molar-refractivity contribution in [2.45, 2.75) is 6.92 Å². The first-order valence-electron chi connectivity index (χ1n) is 3.58. The van der Waals surface area contributed by atoms with E-state index in [1.807, 2.05) is 22.6 Å². The second kappa shape index (κ2) is 4.22. The Balaban J connectivity index is 3.53. The van der Waals surface area contributed by atoms with Gasteiger partial charge >= 0.3 is 0 Å². The molecule has 0 fully saturated rings. The van der Waals surface area contributed by atoms with E-state index in [-0.39, 0.29) is 16.3 Å². The van der Waals surface area contributed by atoms with Gasteiger partial charge in [-0.3, -0.25) is 14.9 Å². The molecule has 6 heteroatoms. The first-order chi connectivity index (χ1) is 6.45. The maximum atomic E-state index is 11.2. The Labute approximate surface area is 98.5 Å². The summed E-state index contributed by atoms with van der Waals surface area (Å²) >= 11 is 7.72. The molecule has 0 aromatic heterocycles. The van der Waals surface area contributed by atoms with E-state index in [1.54, 1.807) is 0 Å². The Kier molecular flexibility index (Phi) is 3.43. The maximum absolute atomic E-state index is 11.2. The number of carbonyl (C=O) groups excluding carboxylic acids is 1. The van der Waals surface area contributed by atoms with Gasteiger partial charge in [-0.25, -0.2) is 0 Å². The van der Waals surface area contributed by atoms with Gasteiger partial charge in [-0.15, -0.1) is 0 Å². The lowest BCUT2D eigenvalue weighted by Gasteiger charge is -2.02. The van der Waals surface area contributed by atoms with E-state index >= 15 is 0 Å². The second-order valence-electron chi connectivity index (χ2n) is 2.57. The molecule has 0 N–H and O–H groups in total. The van der Waals surface area contributed by atoms with Gasteiger partial charge in [0, 0.05) is 9.64 Å². The van der Waals surface area contributed by atoms with Crippen molar-refractivity contribution >= 4 is 45.7 Å². The van der Waals surface area contributed by atoms with E-state index in [4.69, 9.17) is 11.6 Å². The van der Waals surface area contributed by atoms with Crippen LogP contribution in [-0.2, 0) is 0 Å². The second-order valence-corrected chi connectivity index (χ2v) is 4.11. The van der Waals surface area contributed by atoms with Crippen molar-refractivity contribution in [2.75, 3.05) is 0 Å². The molecule has 14 heavy (non-hydrogen) atoms. The van der Waals surface area contributed by atoms with Crippen LogP contribution < -0.4 is 0 Å². The first-order valence-corrected chi connectivity index (χ1v) is 5.04. The third-order valence-corrected chi connectivity index (χ3v) is 3.23. The maximum Gasteiger partial charge on any atom is 0.281 e. The van der Waals surface area contributed by atoms with Crippen LogP contribution in [0.25, 0.3) is 0 Å². The fourth-order valence-electron chi connectivity index (χ4n) is 1.03. The molecule has 1 rings (SSSR count). The highest BCUT2D eigenvalue weighted by Gasteiger charge is 2.22. The molecule has 0 heterocycles. The van der Waals surface area contributed by atoms with Gasteiger partial charge in [0.1, 0.15) is 5.56 Å². The average molecular weight is 325 g/mol. The van der Waals surface area contributed by atoms with Gasteiger partial charge in [0.2, 0.25) is 0 Å². The number of benzene rings is 1. The van der Waals surface area contributed by atoms with E-state index in [0.717, 1.165) is 0 Å². The van der Waals surface area contributed by atoms with Crippen molar-refractivity contribution < 1.29 is 9.72 Å². The van der Waals surface area contributed by atoms with Gasteiger partial charge in [-0.2, -0.15) is 0 Å². The summed E-state index contributed by atoms with van der Waals surface area (Å²) in [6.45, 7) is 1.25. The number of nitro groups is 1. The summed E-state index contributed by atoms with van der Waals surface area (Å²) in [6.07, 6.45) is 0. The zero-order valence-electron chi connectivity index (χ0n) is 7.08. The summed E-state index contributed by atoms with van der Waals surface area (Å²) in [4.78, 5) is 21.1. The van der Waals surface area contributed by atoms with E-state index in [9.17, 15) is 14.9 Å². The minimum Gasteiger partial charge on any atom is -0.294 e. The number of Topliss-reactive ketones (excluding diaryl/α,β-unsaturated/α-hetero) is 1. The molecular formula is C8H5ClINO3. The van der Waals surface area contributed by atoms with Crippen LogP contribution in [0.1, 0.15) is 17.3 Å².